The molecule has 1 N–H and O–H groups in total. The quantitative estimate of drug-likeness (QED) is 0.496. The molecule has 3 aromatic heterocycles. The van der Waals surface area contributed by atoms with Gasteiger partial charge < -0.3 is 4.98 Å². The molecule has 0 radical (unpaired) electrons. The van der Waals surface area contributed by atoms with Crippen molar-refractivity contribution in [3.63, 3.8) is 0 Å². The average molecular weight is 223 g/mol. The van der Waals surface area contributed by atoms with Gasteiger partial charge in [-0.2, -0.15) is 0 Å². The Bertz CT molecular complexity index is 855. The second-order valence-electron chi connectivity index (χ2n) is 4.08. The van der Waals surface area contributed by atoms with Gasteiger partial charge in [-0.1, -0.05) is 18.2 Å². The predicted octanol–water partition coefficient (Wildman–Crippen LogP) is 2.07. The van der Waals surface area contributed by atoms with Gasteiger partial charge in [0.25, 0.3) is 0 Å². The second kappa shape index (κ2) is 2.82. The third-order valence-corrected chi connectivity index (χ3v) is 3.07. The van der Waals surface area contributed by atoms with Gasteiger partial charge >= 0.3 is 0 Å². The minimum Gasteiger partial charge on any atom is -0.350 e. The summed E-state index contributed by atoms with van der Waals surface area (Å²) in [6.45, 7) is 1.91. The van der Waals surface area contributed by atoms with Crippen LogP contribution in [0.2, 0.25) is 0 Å². The maximum absolute atomic E-state index is 4.48. The van der Waals surface area contributed by atoms with Crippen LogP contribution in [0.15, 0.2) is 30.6 Å². The number of para-hydroxylation sites is 1. The van der Waals surface area contributed by atoms with Gasteiger partial charge in [0.05, 0.1) is 0 Å². The van der Waals surface area contributed by atoms with Crippen LogP contribution in [0.25, 0.3) is 27.6 Å². The fourth-order valence-corrected chi connectivity index (χ4v) is 2.22. The Labute approximate surface area is 96.1 Å². The molecule has 0 atom stereocenters. The molecular weight excluding hydrogens is 214 g/mol. The highest BCUT2D eigenvalue weighted by Gasteiger charge is 2.11. The number of benzene rings is 1. The maximum Gasteiger partial charge on any atom is 0.188 e. The summed E-state index contributed by atoms with van der Waals surface area (Å²) in [6, 6.07) is 8.11. The fourth-order valence-electron chi connectivity index (χ4n) is 2.22. The van der Waals surface area contributed by atoms with Crippen LogP contribution in [0.5, 0.6) is 0 Å². The third-order valence-electron chi connectivity index (χ3n) is 3.07. The molecule has 0 aliphatic carbocycles. The Kier molecular flexibility index (Phi) is 1.44. The molecule has 17 heavy (non-hydrogen) atoms. The van der Waals surface area contributed by atoms with E-state index in [1.807, 2.05) is 29.5 Å². The summed E-state index contributed by atoms with van der Waals surface area (Å²) in [4.78, 5) is 7.83. The largest absolute Gasteiger partial charge is 0.350 e. The fraction of sp³-hybridized carbons (Fsp3) is 0.0833. The van der Waals surface area contributed by atoms with Crippen LogP contribution < -0.4 is 0 Å². The minimum absolute atomic E-state index is 0.823. The van der Waals surface area contributed by atoms with Crippen molar-refractivity contribution < 1.29 is 0 Å². The van der Waals surface area contributed by atoms with E-state index in [0.29, 0.717) is 0 Å². The summed E-state index contributed by atoms with van der Waals surface area (Å²) in [7, 11) is 0. The van der Waals surface area contributed by atoms with Crippen LogP contribution in [0.4, 0.5) is 0 Å². The predicted molar refractivity (Wildman–Crippen MR) is 64.9 cm³/mol. The van der Waals surface area contributed by atoms with E-state index < -0.39 is 0 Å². The molecule has 0 fully saturated rings. The number of nitrogens with zero attached hydrogens (tertiary/aromatic N) is 4. The van der Waals surface area contributed by atoms with E-state index in [9.17, 15) is 0 Å². The number of aryl methyl sites for hydroxylation is 1. The standard InChI is InChI=1S/C12H9N5/c1-7-15-16-12-11-10(13-6-17(7)12)8-4-2-3-5-9(8)14-11/h2-6,14H,1H3. The summed E-state index contributed by atoms with van der Waals surface area (Å²) >= 11 is 0. The molecule has 0 unspecified atom stereocenters. The summed E-state index contributed by atoms with van der Waals surface area (Å²) in [5, 5.41) is 9.37. The Morgan fingerprint density at radius 1 is 1.18 bits per heavy atom. The van der Waals surface area contributed by atoms with Crippen LogP contribution in [-0.2, 0) is 0 Å². The van der Waals surface area contributed by atoms with Crippen LogP contribution in [0, 0.1) is 6.92 Å². The molecule has 1 aromatic carbocycles. The van der Waals surface area contributed by atoms with Crippen LogP contribution in [0.3, 0.4) is 0 Å². The number of hydrogen-bond acceptors (Lipinski definition) is 3. The molecule has 0 aliphatic rings. The maximum atomic E-state index is 4.48. The summed E-state index contributed by atoms with van der Waals surface area (Å²) in [5.41, 5.74) is 3.78. The van der Waals surface area contributed by atoms with Crippen molar-refractivity contribution in [1.29, 1.82) is 0 Å². The third kappa shape index (κ3) is 1.00. The zero-order chi connectivity index (χ0) is 11.4. The number of aromatic amines is 1. The van der Waals surface area contributed by atoms with Gasteiger partial charge in [-0.15, -0.1) is 10.2 Å². The number of aromatic nitrogens is 5. The Morgan fingerprint density at radius 3 is 3.00 bits per heavy atom. The minimum atomic E-state index is 0.823. The number of H-pyrrole nitrogens is 1. The first kappa shape index (κ1) is 8.69. The van der Waals surface area contributed by atoms with E-state index in [1.54, 1.807) is 6.33 Å². The van der Waals surface area contributed by atoms with E-state index >= 15 is 0 Å². The van der Waals surface area contributed by atoms with Gasteiger partial charge in [0, 0.05) is 10.9 Å². The van der Waals surface area contributed by atoms with Gasteiger partial charge in [0.2, 0.25) is 0 Å². The van der Waals surface area contributed by atoms with E-state index in [0.717, 1.165) is 33.4 Å². The highest BCUT2D eigenvalue weighted by molar-refractivity contribution is 6.08. The first-order chi connectivity index (χ1) is 8.34. The lowest BCUT2D eigenvalue weighted by atomic mass is 10.2. The number of rotatable bonds is 0. The number of hydrogen-bond donors (Lipinski definition) is 1. The SMILES string of the molecule is Cc1nnc2c3[nH]c4ccccc4c3ncn12. The number of nitrogens with one attached hydrogen (secondary N) is 1. The molecule has 0 spiro atoms. The molecule has 4 aromatic rings. The second-order valence-corrected chi connectivity index (χ2v) is 4.08. The van der Waals surface area contributed by atoms with Crippen molar-refractivity contribution in [2.75, 3.05) is 0 Å². The summed E-state index contributed by atoms with van der Waals surface area (Å²) < 4.78 is 1.89. The zero-order valence-electron chi connectivity index (χ0n) is 9.18. The van der Waals surface area contributed by atoms with Gasteiger partial charge in [0.1, 0.15) is 23.2 Å². The smallest absolute Gasteiger partial charge is 0.188 e. The molecule has 0 saturated carbocycles. The summed E-state index contributed by atoms with van der Waals surface area (Å²) in [5.74, 6) is 0.841. The Morgan fingerprint density at radius 2 is 2.06 bits per heavy atom. The molecule has 0 amide bonds. The molecule has 3 heterocycles. The topological polar surface area (TPSA) is 58.9 Å². The molecule has 5 nitrogen and oxygen atoms in total. The first-order valence-corrected chi connectivity index (χ1v) is 5.41. The van der Waals surface area contributed by atoms with E-state index in [2.05, 4.69) is 26.2 Å². The van der Waals surface area contributed by atoms with Crippen molar-refractivity contribution in [2.24, 2.45) is 0 Å². The molecule has 82 valence electrons. The normalized spacial score (nSPS) is 11.8. The van der Waals surface area contributed by atoms with Crippen LogP contribution in [0.1, 0.15) is 5.82 Å². The van der Waals surface area contributed by atoms with E-state index in [-0.39, 0.29) is 0 Å². The molecule has 5 heteroatoms. The van der Waals surface area contributed by atoms with Gasteiger partial charge in [-0.3, -0.25) is 4.40 Å². The van der Waals surface area contributed by atoms with Crippen molar-refractivity contribution in [3.8, 4) is 0 Å². The number of fused-ring (bicyclic) bond motifs is 5. The van der Waals surface area contributed by atoms with Crippen molar-refractivity contribution in [2.45, 2.75) is 6.92 Å². The molecule has 0 bridgehead atoms. The first-order valence-electron chi connectivity index (χ1n) is 5.41. The Balaban J connectivity index is 2.34. The van der Waals surface area contributed by atoms with Gasteiger partial charge in [-0.25, -0.2) is 4.98 Å². The van der Waals surface area contributed by atoms with Crippen LogP contribution in [-0.4, -0.2) is 24.6 Å². The monoisotopic (exact) mass is 223 g/mol. The lowest BCUT2D eigenvalue weighted by molar-refractivity contribution is 0.990. The van der Waals surface area contributed by atoms with Gasteiger partial charge in [0.15, 0.2) is 5.65 Å². The highest BCUT2D eigenvalue weighted by atomic mass is 15.3. The average Bonchev–Trinajstić information content (AvgIpc) is 2.90. The summed E-state index contributed by atoms with van der Waals surface area (Å²) in [6.07, 6.45) is 1.77. The van der Waals surface area contributed by atoms with Crippen molar-refractivity contribution in [1.82, 2.24) is 24.6 Å². The molecule has 4 rings (SSSR count). The molecule has 0 saturated heterocycles. The van der Waals surface area contributed by atoms with Crippen molar-refractivity contribution >= 4 is 27.6 Å². The van der Waals surface area contributed by atoms with E-state index in [1.165, 1.54) is 0 Å². The lowest BCUT2D eigenvalue weighted by Gasteiger charge is -1.94. The van der Waals surface area contributed by atoms with Gasteiger partial charge in [-0.05, 0) is 13.0 Å². The highest BCUT2D eigenvalue weighted by Crippen LogP contribution is 2.25. The van der Waals surface area contributed by atoms with Crippen molar-refractivity contribution in [3.05, 3.63) is 36.4 Å². The van der Waals surface area contributed by atoms with Crippen LogP contribution >= 0.6 is 0 Å². The zero-order valence-corrected chi connectivity index (χ0v) is 9.18. The lowest BCUT2D eigenvalue weighted by Crippen LogP contribution is -1.90. The Hall–Kier alpha value is -2.43. The van der Waals surface area contributed by atoms with E-state index in [4.69, 9.17) is 0 Å². The molecule has 0 aliphatic heterocycles. The molecular formula is C12H9N5.